The molecule has 1 amide bonds. The average molecular weight is 327 g/mol. The first-order valence-electron chi connectivity index (χ1n) is 8.66. The number of likely N-dealkylation sites (tertiary alicyclic amines) is 1. The lowest BCUT2D eigenvalue weighted by molar-refractivity contribution is 0.00837. The van der Waals surface area contributed by atoms with E-state index < -0.39 is 0 Å². The van der Waals surface area contributed by atoms with E-state index in [0.717, 1.165) is 36.8 Å². The Hall–Kier alpha value is -1.92. The van der Waals surface area contributed by atoms with Crippen molar-refractivity contribution in [1.29, 1.82) is 0 Å². The highest BCUT2D eigenvalue weighted by Gasteiger charge is 2.38. The number of piperidine rings is 1. The molecular weight excluding hydrogens is 302 g/mol. The molecule has 0 aliphatic carbocycles. The van der Waals surface area contributed by atoms with Gasteiger partial charge in [-0.1, -0.05) is 18.2 Å². The number of aromatic nitrogens is 2. The molecule has 4 rings (SSSR count). The Labute approximate surface area is 142 Å². The minimum Gasteiger partial charge on any atom is -0.348 e. The molecule has 128 valence electrons. The van der Waals surface area contributed by atoms with Crippen molar-refractivity contribution < 1.29 is 4.79 Å². The van der Waals surface area contributed by atoms with Crippen LogP contribution in [0.4, 0.5) is 0 Å². The molecule has 0 spiro atoms. The number of hydrogen-bond acceptors (Lipinski definition) is 4. The lowest BCUT2D eigenvalue weighted by Gasteiger charge is -2.50. The zero-order valence-electron chi connectivity index (χ0n) is 14.6. The summed E-state index contributed by atoms with van der Waals surface area (Å²) >= 11 is 0. The normalized spacial score (nSPS) is 28.2. The summed E-state index contributed by atoms with van der Waals surface area (Å²) in [6, 6.07) is 9.17. The number of amides is 1. The van der Waals surface area contributed by atoms with Gasteiger partial charge < -0.3 is 10.2 Å². The molecule has 2 atom stereocenters. The van der Waals surface area contributed by atoms with Crippen LogP contribution in [-0.2, 0) is 7.05 Å². The van der Waals surface area contributed by atoms with Gasteiger partial charge in [-0.25, -0.2) is 0 Å². The van der Waals surface area contributed by atoms with Crippen LogP contribution in [0.25, 0.3) is 10.9 Å². The highest BCUT2D eigenvalue weighted by Crippen LogP contribution is 2.27. The Bertz CT molecular complexity index is 754. The predicted octanol–water partition coefficient (Wildman–Crippen LogP) is 1.08. The second-order valence-corrected chi connectivity index (χ2v) is 7.33. The Balaban J connectivity index is 1.52. The molecule has 1 N–H and O–H groups in total. The summed E-state index contributed by atoms with van der Waals surface area (Å²) in [6.07, 6.45) is 2.02. The summed E-state index contributed by atoms with van der Waals surface area (Å²) in [6.45, 7) is 2.15. The smallest absolute Gasteiger partial charge is 0.272 e. The number of hydrogen-bond donors (Lipinski definition) is 1. The number of aryl methyl sites for hydroxylation is 1. The maximum absolute atomic E-state index is 12.8. The van der Waals surface area contributed by atoms with Crippen LogP contribution < -0.4 is 5.32 Å². The van der Waals surface area contributed by atoms with Gasteiger partial charge in [-0.3, -0.25) is 14.4 Å². The van der Waals surface area contributed by atoms with E-state index in [0.29, 0.717) is 17.8 Å². The van der Waals surface area contributed by atoms with Crippen molar-refractivity contribution in [2.75, 3.05) is 27.2 Å². The molecule has 2 aromatic rings. The van der Waals surface area contributed by atoms with Crippen molar-refractivity contribution in [2.24, 2.45) is 7.05 Å². The number of fused-ring (bicyclic) bond motifs is 3. The number of carbonyl (C=O) groups is 1. The summed E-state index contributed by atoms with van der Waals surface area (Å²) in [4.78, 5) is 17.7. The Morgan fingerprint density at radius 1 is 1.12 bits per heavy atom. The molecule has 24 heavy (non-hydrogen) atoms. The van der Waals surface area contributed by atoms with Gasteiger partial charge in [0, 0.05) is 43.6 Å². The molecule has 3 heterocycles. The Morgan fingerprint density at radius 2 is 1.79 bits per heavy atom. The van der Waals surface area contributed by atoms with E-state index in [-0.39, 0.29) is 11.9 Å². The van der Waals surface area contributed by atoms with Gasteiger partial charge in [0.15, 0.2) is 5.69 Å². The van der Waals surface area contributed by atoms with E-state index in [1.807, 2.05) is 31.3 Å². The predicted molar refractivity (Wildman–Crippen MR) is 94.0 cm³/mol. The van der Waals surface area contributed by atoms with Gasteiger partial charge in [0.2, 0.25) is 0 Å². The van der Waals surface area contributed by atoms with E-state index in [1.54, 1.807) is 4.68 Å². The highest BCUT2D eigenvalue weighted by atomic mass is 16.2. The molecule has 2 bridgehead atoms. The zero-order chi connectivity index (χ0) is 16.8. The summed E-state index contributed by atoms with van der Waals surface area (Å²) in [5.74, 6) is -0.0484. The van der Waals surface area contributed by atoms with Crippen molar-refractivity contribution in [3.05, 3.63) is 30.0 Å². The molecule has 0 radical (unpaired) electrons. The van der Waals surface area contributed by atoms with E-state index in [9.17, 15) is 4.79 Å². The van der Waals surface area contributed by atoms with Gasteiger partial charge in [-0.2, -0.15) is 5.10 Å². The maximum atomic E-state index is 12.8. The van der Waals surface area contributed by atoms with Gasteiger partial charge >= 0.3 is 0 Å². The van der Waals surface area contributed by atoms with Crippen molar-refractivity contribution in [3.63, 3.8) is 0 Å². The lowest BCUT2D eigenvalue weighted by atomic mass is 9.88. The van der Waals surface area contributed by atoms with Crippen molar-refractivity contribution >= 4 is 16.8 Å². The van der Waals surface area contributed by atoms with Crippen LogP contribution in [0.2, 0.25) is 0 Å². The first-order chi connectivity index (χ1) is 11.5. The molecule has 6 heteroatoms. The monoisotopic (exact) mass is 327 g/mol. The molecule has 6 nitrogen and oxygen atoms in total. The minimum absolute atomic E-state index is 0.0484. The number of rotatable bonds is 2. The fraction of sp³-hybridized carbons (Fsp3) is 0.556. The second-order valence-electron chi connectivity index (χ2n) is 7.33. The fourth-order valence-corrected chi connectivity index (χ4v) is 4.34. The van der Waals surface area contributed by atoms with Crippen LogP contribution in [0.3, 0.4) is 0 Å². The van der Waals surface area contributed by atoms with Crippen LogP contribution in [0, 0.1) is 0 Å². The second kappa shape index (κ2) is 5.86. The van der Waals surface area contributed by atoms with Crippen LogP contribution in [-0.4, -0.2) is 70.8 Å². The van der Waals surface area contributed by atoms with E-state index in [2.05, 4.69) is 34.3 Å². The van der Waals surface area contributed by atoms with Crippen LogP contribution in [0.5, 0.6) is 0 Å². The number of likely N-dealkylation sites (N-methyl/N-ethyl adjacent to an activating group) is 2. The summed E-state index contributed by atoms with van der Waals surface area (Å²) in [7, 11) is 6.29. The number of benzene rings is 1. The molecule has 0 saturated carbocycles. The zero-order valence-corrected chi connectivity index (χ0v) is 14.6. The van der Waals surface area contributed by atoms with Crippen molar-refractivity contribution in [3.8, 4) is 0 Å². The molecule has 2 aliphatic heterocycles. The quantitative estimate of drug-likeness (QED) is 0.897. The average Bonchev–Trinajstić information content (AvgIpc) is 2.87. The summed E-state index contributed by atoms with van der Waals surface area (Å²) in [5.41, 5.74) is 1.53. The molecule has 2 aliphatic rings. The summed E-state index contributed by atoms with van der Waals surface area (Å²) < 4.78 is 1.78. The SMILES string of the molecule is CN1CC2CC(NC(=O)c3nn(C)c4ccccc34)CC(C1)N2C. The highest BCUT2D eigenvalue weighted by molar-refractivity contribution is 6.04. The molecule has 2 unspecified atom stereocenters. The first kappa shape index (κ1) is 15.6. The lowest BCUT2D eigenvalue weighted by Crippen LogP contribution is -2.63. The third-order valence-corrected chi connectivity index (χ3v) is 5.62. The molecule has 1 aromatic heterocycles. The largest absolute Gasteiger partial charge is 0.348 e. The topological polar surface area (TPSA) is 53.4 Å². The van der Waals surface area contributed by atoms with Crippen LogP contribution in [0.15, 0.2) is 24.3 Å². The van der Waals surface area contributed by atoms with Crippen molar-refractivity contribution in [1.82, 2.24) is 24.9 Å². The maximum Gasteiger partial charge on any atom is 0.272 e. The van der Waals surface area contributed by atoms with Crippen LogP contribution >= 0.6 is 0 Å². The van der Waals surface area contributed by atoms with Crippen LogP contribution in [0.1, 0.15) is 23.3 Å². The third-order valence-electron chi connectivity index (χ3n) is 5.62. The van der Waals surface area contributed by atoms with E-state index >= 15 is 0 Å². The molecule has 2 saturated heterocycles. The summed E-state index contributed by atoms with van der Waals surface area (Å²) in [5, 5.41) is 8.61. The molecule has 1 aromatic carbocycles. The first-order valence-corrected chi connectivity index (χ1v) is 8.66. The third kappa shape index (κ3) is 2.59. The Morgan fingerprint density at radius 3 is 2.50 bits per heavy atom. The van der Waals surface area contributed by atoms with Gasteiger partial charge in [0.05, 0.1) is 5.52 Å². The van der Waals surface area contributed by atoms with E-state index in [1.165, 1.54) is 0 Å². The molecular formula is C18H25N5O. The fourth-order valence-electron chi connectivity index (χ4n) is 4.34. The van der Waals surface area contributed by atoms with Gasteiger partial charge in [0.25, 0.3) is 5.91 Å². The number of para-hydroxylation sites is 1. The Kier molecular flexibility index (Phi) is 3.81. The van der Waals surface area contributed by atoms with Gasteiger partial charge in [0.1, 0.15) is 0 Å². The number of carbonyl (C=O) groups excluding carboxylic acids is 1. The molecule has 2 fully saturated rings. The van der Waals surface area contributed by atoms with Crippen molar-refractivity contribution in [2.45, 2.75) is 31.0 Å². The number of piperazine rings is 1. The minimum atomic E-state index is -0.0484. The van der Waals surface area contributed by atoms with Gasteiger partial charge in [-0.05, 0) is 33.0 Å². The van der Waals surface area contributed by atoms with E-state index in [4.69, 9.17) is 0 Å². The number of nitrogens with one attached hydrogen (secondary N) is 1. The standard InChI is InChI=1S/C18H25N5O/c1-21-10-13-8-12(9-14(11-21)22(13)2)19-18(24)17-15-6-4-5-7-16(15)23(3)20-17/h4-7,12-14H,8-11H2,1-3H3,(H,19,24). The number of nitrogens with zero attached hydrogens (tertiary/aromatic N) is 4. The van der Waals surface area contributed by atoms with Gasteiger partial charge in [-0.15, -0.1) is 0 Å².